The average Bonchev–Trinajstić information content (AvgIpc) is 2.50. The number of hydrogen-bond acceptors (Lipinski definition) is 3. The second kappa shape index (κ2) is 7.16. The Morgan fingerprint density at radius 3 is 2.52 bits per heavy atom. The highest BCUT2D eigenvalue weighted by Crippen LogP contribution is 2.30. The van der Waals surface area contributed by atoms with Crippen molar-refractivity contribution in [2.75, 3.05) is 5.32 Å². The van der Waals surface area contributed by atoms with Gasteiger partial charge in [0.1, 0.15) is 0 Å². The molecule has 0 aromatic heterocycles. The van der Waals surface area contributed by atoms with Crippen LogP contribution in [0.3, 0.4) is 0 Å². The fourth-order valence-corrected chi connectivity index (χ4v) is 2.81. The molecule has 0 aliphatic heterocycles. The van der Waals surface area contributed by atoms with Crippen molar-refractivity contribution in [3.63, 3.8) is 0 Å². The molecule has 0 fully saturated rings. The van der Waals surface area contributed by atoms with Gasteiger partial charge in [0.05, 0.1) is 21.9 Å². The Labute approximate surface area is 132 Å². The monoisotopic (exact) mass is 316 g/mol. The number of thioether (sulfide) groups is 1. The van der Waals surface area contributed by atoms with E-state index in [0.29, 0.717) is 16.3 Å². The molecule has 0 spiro atoms. The zero-order chi connectivity index (χ0) is 15.2. The summed E-state index contributed by atoms with van der Waals surface area (Å²) < 4.78 is 0. The molecule has 1 atom stereocenters. The molecule has 2 rings (SSSR count). The van der Waals surface area contributed by atoms with Crippen molar-refractivity contribution < 1.29 is 4.79 Å². The fraction of sp³-hybridized carbons (Fsp3) is 0.125. The second-order valence-electron chi connectivity index (χ2n) is 4.37. The molecule has 0 saturated heterocycles. The molecule has 0 saturated carbocycles. The molecule has 2 aromatic carbocycles. The number of nitrogens with one attached hydrogen (secondary N) is 1. The third kappa shape index (κ3) is 4.25. The number of amides is 1. The SMILES string of the molecule is C[C@H](Sc1ccccc1Cl)C(=O)Nc1ccc(C#N)cc1. The molecule has 1 N–H and O–H groups in total. The van der Waals surface area contributed by atoms with Gasteiger partial charge in [-0.2, -0.15) is 5.26 Å². The first-order chi connectivity index (χ1) is 10.1. The van der Waals surface area contributed by atoms with Crippen molar-refractivity contribution >= 4 is 35.0 Å². The third-order valence-corrected chi connectivity index (χ3v) is 4.41. The lowest BCUT2D eigenvalue weighted by Gasteiger charge is -2.12. The molecule has 0 aliphatic rings. The lowest BCUT2D eigenvalue weighted by atomic mass is 10.2. The van der Waals surface area contributed by atoms with Crippen molar-refractivity contribution in [2.24, 2.45) is 0 Å². The van der Waals surface area contributed by atoms with E-state index in [-0.39, 0.29) is 11.2 Å². The normalized spacial score (nSPS) is 11.5. The lowest BCUT2D eigenvalue weighted by Crippen LogP contribution is -2.22. The smallest absolute Gasteiger partial charge is 0.237 e. The van der Waals surface area contributed by atoms with Crippen molar-refractivity contribution in [3.05, 3.63) is 59.1 Å². The van der Waals surface area contributed by atoms with Gasteiger partial charge in [-0.1, -0.05) is 23.7 Å². The number of rotatable bonds is 4. The first-order valence-electron chi connectivity index (χ1n) is 6.32. The van der Waals surface area contributed by atoms with Crippen molar-refractivity contribution in [2.45, 2.75) is 17.1 Å². The van der Waals surface area contributed by atoms with Crippen LogP contribution in [-0.2, 0) is 4.79 Å². The van der Waals surface area contributed by atoms with Crippen LogP contribution >= 0.6 is 23.4 Å². The highest BCUT2D eigenvalue weighted by Gasteiger charge is 2.15. The first kappa shape index (κ1) is 15.4. The number of hydrogen-bond donors (Lipinski definition) is 1. The standard InChI is InChI=1S/C16H13ClN2OS/c1-11(21-15-5-3-2-4-14(15)17)16(20)19-13-8-6-12(10-18)7-9-13/h2-9,11H,1H3,(H,19,20)/t11-/m0/s1. The lowest BCUT2D eigenvalue weighted by molar-refractivity contribution is -0.115. The van der Waals surface area contributed by atoms with Gasteiger partial charge in [-0.25, -0.2) is 0 Å². The minimum absolute atomic E-state index is 0.107. The van der Waals surface area contributed by atoms with E-state index in [0.717, 1.165) is 4.90 Å². The number of carbonyl (C=O) groups excluding carboxylic acids is 1. The van der Waals surface area contributed by atoms with Crippen molar-refractivity contribution in [3.8, 4) is 6.07 Å². The van der Waals surface area contributed by atoms with Gasteiger partial charge >= 0.3 is 0 Å². The summed E-state index contributed by atoms with van der Waals surface area (Å²) in [5.41, 5.74) is 1.23. The maximum Gasteiger partial charge on any atom is 0.237 e. The van der Waals surface area contributed by atoms with Crippen LogP contribution in [0.1, 0.15) is 12.5 Å². The van der Waals surface area contributed by atoms with Gasteiger partial charge in [-0.3, -0.25) is 4.79 Å². The van der Waals surface area contributed by atoms with Crippen LogP contribution in [-0.4, -0.2) is 11.2 Å². The maximum atomic E-state index is 12.1. The summed E-state index contributed by atoms with van der Waals surface area (Å²) in [5, 5.41) is 11.9. The Morgan fingerprint density at radius 2 is 1.90 bits per heavy atom. The molecule has 0 unspecified atom stereocenters. The van der Waals surface area contributed by atoms with E-state index in [9.17, 15) is 4.79 Å². The van der Waals surface area contributed by atoms with E-state index in [1.54, 1.807) is 30.3 Å². The van der Waals surface area contributed by atoms with Gasteiger partial charge in [0.25, 0.3) is 0 Å². The van der Waals surface area contributed by atoms with Crippen LogP contribution in [0, 0.1) is 11.3 Å². The van der Waals surface area contributed by atoms with Crippen molar-refractivity contribution in [1.29, 1.82) is 5.26 Å². The minimum Gasteiger partial charge on any atom is -0.325 e. The maximum absolute atomic E-state index is 12.1. The summed E-state index contributed by atoms with van der Waals surface area (Å²) in [7, 11) is 0. The van der Waals surface area contributed by atoms with Gasteiger partial charge in [0.2, 0.25) is 5.91 Å². The molecule has 2 aromatic rings. The molecule has 0 aliphatic carbocycles. The van der Waals surface area contributed by atoms with Gasteiger partial charge in [0.15, 0.2) is 0 Å². The van der Waals surface area contributed by atoms with E-state index < -0.39 is 0 Å². The van der Waals surface area contributed by atoms with Gasteiger partial charge in [-0.15, -0.1) is 11.8 Å². The quantitative estimate of drug-likeness (QED) is 0.854. The van der Waals surface area contributed by atoms with Crippen LogP contribution in [0.5, 0.6) is 0 Å². The summed E-state index contributed by atoms with van der Waals surface area (Å²) >= 11 is 7.49. The second-order valence-corrected chi connectivity index (χ2v) is 6.16. The van der Waals surface area contributed by atoms with Gasteiger partial charge in [0, 0.05) is 10.6 Å². The highest BCUT2D eigenvalue weighted by molar-refractivity contribution is 8.00. The largest absolute Gasteiger partial charge is 0.325 e. The van der Waals surface area contributed by atoms with E-state index in [4.69, 9.17) is 16.9 Å². The summed E-state index contributed by atoms with van der Waals surface area (Å²) in [6.45, 7) is 1.83. The fourth-order valence-electron chi connectivity index (χ4n) is 1.66. The molecule has 21 heavy (non-hydrogen) atoms. The Morgan fingerprint density at radius 1 is 1.24 bits per heavy atom. The first-order valence-corrected chi connectivity index (χ1v) is 7.58. The van der Waals surface area contributed by atoms with Crippen LogP contribution in [0.15, 0.2) is 53.4 Å². The predicted molar refractivity (Wildman–Crippen MR) is 86.6 cm³/mol. The summed E-state index contributed by atoms with van der Waals surface area (Å²) in [5.74, 6) is -0.107. The molecule has 0 bridgehead atoms. The number of benzene rings is 2. The van der Waals surface area contributed by atoms with E-state index in [2.05, 4.69) is 5.32 Å². The molecule has 0 heterocycles. The van der Waals surface area contributed by atoms with E-state index in [1.165, 1.54) is 11.8 Å². The van der Waals surface area contributed by atoms with Gasteiger partial charge in [-0.05, 0) is 43.3 Å². The number of nitrogens with zero attached hydrogens (tertiary/aromatic N) is 1. The number of anilines is 1. The summed E-state index contributed by atoms with van der Waals surface area (Å²) in [6, 6.07) is 16.2. The zero-order valence-corrected chi connectivity index (χ0v) is 12.9. The van der Waals surface area contributed by atoms with Crippen LogP contribution in [0.2, 0.25) is 5.02 Å². The average molecular weight is 317 g/mol. The number of carbonyl (C=O) groups is 1. The summed E-state index contributed by atoms with van der Waals surface area (Å²) in [4.78, 5) is 13.0. The molecule has 3 nitrogen and oxygen atoms in total. The molecular weight excluding hydrogens is 304 g/mol. The molecule has 106 valence electrons. The van der Waals surface area contributed by atoms with Crippen molar-refractivity contribution in [1.82, 2.24) is 0 Å². The Balaban J connectivity index is 1.99. The van der Waals surface area contributed by atoms with Crippen LogP contribution < -0.4 is 5.32 Å². The predicted octanol–water partition coefficient (Wildman–Crippen LogP) is 4.33. The molecule has 5 heteroatoms. The third-order valence-electron chi connectivity index (χ3n) is 2.79. The minimum atomic E-state index is -0.277. The Kier molecular flexibility index (Phi) is 5.26. The molecule has 0 radical (unpaired) electrons. The zero-order valence-electron chi connectivity index (χ0n) is 11.3. The van der Waals surface area contributed by atoms with Crippen LogP contribution in [0.4, 0.5) is 5.69 Å². The van der Waals surface area contributed by atoms with E-state index in [1.807, 2.05) is 31.2 Å². The molecule has 1 amide bonds. The van der Waals surface area contributed by atoms with E-state index >= 15 is 0 Å². The Hall–Kier alpha value is -1.96. The number of nitriles is 1. The number of halogens is 1. The highest BCUT2D eigenvalue weighted by atomic mass is 35.5. The molecular formula is C16H13ClN2OS. The van der Waals surface area contributed by atoms with Gasteiger partial charge < -0.3 is 5.32 Å². The Bertz CT molecular complexity index is 679. The topological polar surface area (TPSA) is 52.9 Å². The summed E-state index contributed by atoms with van der Waals surface area (Å²) in [6.07, 6.45) is 0. The van der Waals surface area contributed by atoms with Crippen LogP contribution in [0.25, 0.3) is 0 Å².